The standard InChI is InChI=1S/C10H14ClN3/c1-10(4-2-3-5-10)14-9-6-8(11)12-7-13-9/h6-7H,2-5H2,1H3,(H,12,13,14). The maximum Gasteiger partial charge on any atom is 0.134 e. The minimum absolute atomic E-state index is 0.192. The molecule has 0 spiro atoms. The summed E-state index contributed by atoms with van der Waals surface area (Å²) in [5, 5.41) is 3.91. The van der Waals surface area contributed by atoms with Crippen molar-refractivity contribution in [2.75, 3.05) is 5.32 Å². The van der Waals surface area contributed by atoms with Crippen LogP contribution in [-0.2, 0) is 0 Å². The van der Waals surface area contributed by atoms with Crippen molar-refractivity contribution in [1.82, 2.24) is 9.97 Å². The molecule has 76 valence electrons. The molecule has 14 heavy (non-hydrogen) atoms. The van der Waals surface area contributed by atoms with Crippen LogP contribution in [0, 0.1) is 0 Å². The molecule has 1 aromatic heterocycles. The summed E-state index contributed by atoms with van der Waals surface area (Å²) in [6.45, 7) is 2.23. The molecule has 1 aliphatic carbocycles. The molecule has 1 fully saturated rings. The largest absolute Gasteiger partial charge is 0.365 e. The van der Waals surface area contributed by atoms with Gasteiger partial charge in [-0.25, -0.2) is 9.97 Å². The third-order valence-electron chi connectivity index (χ3n) is 2.77. The van der Waals surface area contributed by atoms with E-state index in [0.717, 1.165) is 5.82 Å². The van der Waals surface area contributed by atoms with Crippen molar-refractivity contribution in [2.24, 2.45) is 0 Å². The van der Waals surface area contributed by atoms with Gasteiger partial charge in [-0.3, -0.25) is 0 Å². The molecule has 2 rings (SSSR count). The molecule has 1 saturated carbocycles. The monoisotopic (exact) mass is 211 g/mol. The van der Waals surface area contributed by atoms with E-state index in [9.17, 15) is 0 Å². The highest BCUT2D eigenvalue weighted by molar-refractivity contribution is 6.29. The van der Waals surface area contributed by atoms with E-state index in [4.69, 9.17) is 11.6 Å². The molecule has 0 bridgehead atoms. The molecule has 0 aliphatic heterocycles. The highest BCUT2D eigenvalue weighted by Crippen LogP contribution is 2.32. The lowest BCUT2D eigenvalue weighted by atomic mass is 10.0. The average Bonchev–Trinajstić information content (AvgIpc) is 2.51. The van der Waals surface area contributed by atoms with Gasteiger partial charge in [0.1, 0.15) is 17.3 Å². The Hall–Kier alpha value is -0.830. The van der Waals surface area contributed by atoms with Crippen molar-refractivity contribution in [2.45, 2.75) is 38.1 Å². The number of halogens is 1. The third-order valence-corrected chi connectivity index (χ3v) is 2.98. The number of hydrogen-bond donors (Lipinski definition) is 1. The van der Waals surface area contributed by atoms with E-state index in [2.05, 4.69) is 22.2 Å². The lowest BCUT2D eigenvalue weighted by Crippen LogP contribution is -2.31. The molecule has 1 heterocycles. The first-order valence-electron chi connectivity index (χ1n) is 4.94. The topological polar surface area (TPSA) is 37.8 Å². The van der Waals surface area contributed by atoms with E-state index < -0.39 is 0 Å². The number of hydrogen-bond acceptors (Lipinski definition) is 3. The zero-order chi connectivity index (χ0) is 10.0. The third kappa shape index (κ3) is 2.15. The molecule has 3 nitrogen and oxygen atoms in total. The minimum atomic E-state index is 0.192. The van der Waals surface area contributed by atoms with Gasteiger partial charge in [-0.1, -0.05) is 24.4 Å². The Morgan fingerprint density at radius 3 is 2.71 bits per heavy atom. The Balaban J connectivity index is 2.10. The number of rotatable bonds is 2. The summed E-state index contributed by atoms with van der Waals surface area (Å²) >= 11 is 5.78. The van der Waals surface area contributed by atoms with Crippen LogP contribution in [0.3, 0.4) is 0 Å². The smallest absolute Gasteiger partial charge is 0.134 e. The van der Waals surface area contributed by atoms with Gasteiger partial charge in [0.15, 0.2) is 0 Å². The SMILES string of the molecule is CC1(Nc2cc(Cl)ncn2)CCCC1. The maximum absolute atomic E-state index is 5.78. The van der Waals surface area contributed by atoms with E-state index in [-0.39, 0.29) is 5.54 Å². The molecule has 0 radical (unpaired) electrons. The lowest BCUT2D eigenvalue weighted by molar-refractivity contribution is 0.531. The summed E-state index contributed by atoms with van der Waals surface area (Å²) in [6.07, 6.45) is 6.48. The molecule has 0 saturated heterocycles. The molecule has 0 atom stereocenters. The minimum Gasteiger partial charge on any atom is -0.365 e. The van der Waals surface area contributed by atoms with Gasteiger partial charge in [0, 0.05) is 11.6 Å². The molecule has 1 aliphatic rings. The van der Waals surface area contributed by atoms with Crippen molar-refractivity contribution in [1.29, 1.82) is 0 Å². The predicted molar refractivity (Wildman–Crippen MR) is 57.5 cm³/mol. The summed E-state index contributed by atoms with van der Waals surface area (Å²) in [5.41, 5.74) is 0.192. The summed E-state index contributed by atoms with van der Waals surface area (Å²) in [7, 11) is 0. The van der Waals surface area contributed by atoms with Gasteiger partial charge >= 0.3 is 0 Å². The van der Waals surface area contributed by atoms with Crippen molar-refractivity contribution < 1.29 is 0 Å². The van der Waals surface area contributed by atoms with Crippen LogP contribution in [0.4, 0.5) is 5.82 Å². The Morgan fingerprint density at radius 2 is 2.07 bits per heavy atom. The predicted octanol–water partition coefficient (Wildman–Crippen LogP) is 2.87. The van der Waals surface area contributed by atoms with Gasteiger partial charge in [-0.2, -0.15) is 0 Å². The fourth-order valence-corrected chi connectivity index (χ4v) is 2.14. The number of aromatic nitrogens is 2. The maximum atomic E-state index is 5.78. The quantitative estimate of drug-likeness (QED) is 0.765. The van der Waals surface area contributed by atoms with Gasteiger partial charge in [-0.15, -0.1) is 0 Å². The molecule has 1 aromatic rings. The van der Waals surface area contributed by atoms with E-state index in [1.165, 1.54) is 32.0 Å². The number of anilines is 1. The molecule has 0 aromatic carbocycles. The van der Waals surface area contributed by atoms with E-state index in [1.807, 2.05) is 0 Å². The van der Waals surface area contributed by atoms with Crippen LogP contribution >= 0.6 is 11.6 Å². The van der Waals surface area contributed by atoms with E-state index in [0.29, 0.717) is 5.15 Å². The summed E-state index contributed by atoms with van der Waals surface area (Å²) in [6, 6.07) is 1.77. The zero-order valence-electron chi connectivity index (χ0n) is 8.26. The van der Waals surface area contributed by atoms with Gasteiger partial charge in [0.05, 0.1) is 0 Å². The second kappa shape index (κ2) is 3.73. The Bertz CT molecular complexity index is 321. The van der Waals surface area contributed by atoms with E-state index >= 15 is 0 Å². The average molecular weight is 212 g/mol. The zero-order valence-corrected chi connectivity index (χ0v) is 9.01. The summed E-state index contributed by atoms with van der Waals surface area (Å²) in [5.74, 6) is 0.828. The van der Waals surface area contributed by atoms with Crippen LogP contribution in [0.5, 0.6) is 0 Å². The lowest BCUT2D eigenvalue weighted by Gasteiger charge is -2.25. The molecule has 4 heteroatoms. The highest BCUT2D eigenvalue weighted by Gasteiger charge is 2.28. The fourth-order valence-electron chi connectivity index (χ4n) is 1.99. The molecular formula is C10H14ClN3. The van der Waals surface area contributed by atoms with Crippen molar-refractivity contribution in [3.63, 3.8) is 0 Å². The van der Waals surface area contributed by atoms with E-state index in [1.54, 1.807) is 6.07 Å². The van der Waals surface area contributed by atoms with Crippen molar-refractivity contribution in [3.8, 4) is 0 Å². The second-order valence-corrected chi connectivity index (χ2v) is 4.51. The van der Waals surface area contributed by atoms with Crippen LogP contribution < -0.4 is 5.32 Å². The van der Waals surface area contributed by atoms with Crippen LogP contribution in [0.15, 0.2) is 12.4 Å². The second-order valence-electron chi connectivity index (χ2n) is 4.12. The Morgan fingerprint density at radius 1 is 1.36 bits per heavy atom. The van der Waals surface area contributed by atoms with Gasteiger partial charge in [0.2, 0.25) is 0 Å². The van der Waals surface area contributed by atoms with Crippen LogP contribution in [0.1, 0.15) is 32.6 Å². The Labute approximate surface area is 88.9 Å². The van der Waals surface area contributed by atoms with Gasteiger partial charge in [0.25, 0.3) is 0 Å². The first-order chi connectivity index (χ1) is 6.68. The van der Waals surface area contributed by atoms with Crippen LogP contribution in [0.25, 0.3) is 0 Å². The highest BCUT2D eigenvalue weighted by atomic mass is 35.5. The molecule has 0 unspecified atom stereocenters. The van der Waals surface area contributed by atoms with Gasteiger partial charge < -0.3 is 5.32 Å². The Kier molecular flexibility index (Phi) is 2.59. The number of nitrogens with one attached hydrogen (secondary N) is 1. The summed E-state index contributed by atoms with van der Waals surface area (Å²) in [4.78, 5) is 7.99. The molecular weight excluding hydrogens is 198 g/mol. The first kappa shape index (κ1) is 9.71. The van der Waals surface area contributed by atoms with Gasteiger partial charge in [-0.05, 0) is 19.8 Å². The molecule has 1 N–H and O–H groups in total. The number of nitrogens with zero attached hydrogens (tertiary/aromatic N) is 2. The normalized spacial score (nSPS) is 19.6. The first-order valence-corrected chi connectivity index (χ1v) is 5.32. The van der Waals surface area contributed by atoms with Crippen molar-refractivity contribution in [3.05, 3.63) is 17.5 Å². The van der Waals surface area contributed by atoms with Crippen molar-refractivity contribution >= 4 is 17.4 Å². The fraction of sp³-hybridized carbons (Fsp3) is 0.600. The summed E-state index contributed by atoms with van der Waals surface area (Å²) < 4.78 is 0. The van der Waals surface area contributed by atoms with Crippen LogP contribution in [0.2, 0.25) is 5.15 Å². The molecule has 0 amide bonds. The van der Waals surface area contributed by atoms with Crippen LogP contribution in [-0.4, -0.2) is 15.5 Å².